The predicted octanol–water partition coefficient (Wildman–Crippen LogP) is 2.91. The molecule has 0 saturated heterocycles. The smallest absolute Gasteiger partial charge is 0.337 e. The van der Waals surface area contributed by atoms with Crippen LogP contribution in [0.3, 0.4) is 0 Å². The third-order valence-electron chi connectivity index (χ3n) is 1.68. The standard InChI is InChI=1S/C9H5Br2NO2/c10-3-5-1-6(4-12)7(9(13)14)2-8(5)11/h1-2H,3H2,(H,13,14). The Morgan fingerprint density at radius 1 is 1.57 bits per heavy atom. The highest BCUT2D eigenvalue weighted by atomic mass is 79.9. The number of alkyl halides is 1. The Kier molecular flexibility index (Phi) is 3.67. The first-order chi connectivity index (χ1) is 6.60. The molecule has 1 aromatic rings. The van der Waals surface area contributed by atoms with E-state index in [0.717, 1.165) is 5.56 Å². The molecule has 3 nitrogen and oxygen atoms in total. The molecule has 1 N–H and O–H groups in total. The van der Waals surface area contributed by atoms with E-state index in [1.165, 1.54) is 6.07 Å². The van der Waals surface area contributed by atoms with Crippen molar-refractivity contribution in [3.05, 3.63) is 33.3 Å². The molecule has 1 aromatic carbocycles. The second-order valence-electron chi connectivity index (χ2n) is 2.54. The van der Waals surface area contributed by atoms with Gasteiger partial charge < -0.3 is 5.11 Å². The van der Waals surface area contributed by atoms with Gasteiger partial charge in [0.15, 0.2) is 0 Å². The molecule has 1 rings (SSSR count). The highest BCUT2D eigenvalue weighted by Gasteiger charge is 2.12. The number of halogens is 2. The zero-order valence-corrected chi connectivity index (χ0v) is 10.1. The molecule has 5 heteroatoms. The normalized spacial score (nSPS) is 9.50. The summed E-state index contributed by atoms with van der Waals surface area (Å²) in [6.45, 7) is 0. The minimum Gasteiger partial charge on any atom is -0.478 e. The van der Waals surface area contributed by atoms with Gasteiger partial charge in [-0.2, -0.15) is 5.26 Å². The van der Waals surface area contributed by atoms with E-state index in [4.69, 9.17) is 10.4 Å². The first-order valence-electron chi connectivity index (χ1n) is 3.62. The van der Waals surface area contributed by atoms with Gasteiger partial charge in [0.25, 0.3) is 0 Å². The maximum atomic E-state index is 10.7. The van der Waals surface area contributed by atoms with Crippen LogP contribution in [0.4, 0.5) is 0 Å². The largest absolute Gasteiger partial charge is 0.478 e. The van der Waals surface area contributed by atoms with Crippen molar-refractivity contribution in [1.82, 2.24) is 0 Å². The third-order valence-corrected chi connectivity index (χ3v) is 3.02. The maximum Gasteiger partial charge on any atom is 0.337 e. The van der Waals surface area contributed by atoms with Crippen LogP contribution >= 0.6 is 31.9 Å². The Balaban J connectivity index is 3.41. The van der Waals surface area contributed by atoms with E-state index >= 15 is 0 Å². The average molecular weight is 319 g/mol. The van der Waals surface area contributed by atoms with Crippen LogP contribution < -0.4 is 0 Å². The van der Waals surface area contributed by atoms with Crippen molar-refractivity contribution in [3.63, 3.8) is 0 Å². The van der Waals surface area contributed by atoms with Crippen LogP contribution in [-0.4, -0.2) is 11.1 Å². The van der Waals surface area contributed by atoms with Crippen LogP contribution in [0.25, 0.3) is 0 Å². The van der Waals surface area contributed by atoms with Crippen molar-refractivity contribution in [2.45, 2.75) is 5.33 Å². The van der Waals surface area contributed by atoms with Crippen LogP contribution in [0.2, 0.25) is 0 Å². The lowest BCUT2D eigenvalue weighted by molar-refractivity contribution is 0.0696. The average Bonchev–Trinajstić information content (AvgIpc) is 2.17. The number of carboxylic acids is 1. The van der Waals surface area contributed by atoms with Gasteiger partial charge in [-0.05, 0) is 17.7 Å². The van der Waals surface area contributed by atoms with E-state index in [-0.39, 0.29) is 11.1 Å². The zero-order chi connectivity index (χ0) is 10.7. The monoisotopic (exact) mass is 317 g/mol. The number of hydrogen-bond acceptors (Lipinski definition) is 2. The van der Waals surface area contributed by atoms with Crippen molar-refractivity contribution in [1.29, 1.82) is 5.26 Å². The molecule has 0 fully saturated rings. The maximum absolute atomic E-state index is 10.7. The number of benzene rings is 1. The predicted molar refractivity (Wildman–Crippen MR) is 58.4 cm³/mol. The summed E-state index contributed by atoms with van der Waals surface area (Å²) in [4.78, 5) is 10.7. The molecule has 0 bridgehead atoms. The Bertz CT molecular complexity index is 424. The van der Waals surface area contributed by atoms with Crippen molar-refractivity contribution in [2.75, 3.05) is 0 Å². The fourth-order valence-electron chi connectivity index (χ4n) is 0.990. The molecule has 0 radical (unpaired) electrons. The van der Waals surface area contributed by atoms with Gasteiger partial charge in [-0.3, -0.25) is 0 Å². The molecule has 0 aliphatic heterocycles. The number of hydrogen-bond donors (Lipinski definition) is 1. The molecule has 0 aliphatic carbocycles. The highest BCUT2D eigenvalue weighted by molar-refractivity contribution is 9.10. The first kappa shape index (κ1) is 11.2. The van der Waals surface area contributed by atoms with Crippen LogP contribution in [0, 0.1) is 11.3 Å². The van der Waals surface area contributed by atoms with Crippen LogP contribution in [0.5, 0.6) is 0 Å². The molecular weight excluding hydrogens is 314 g/mol. The van der Waals surface area contributed by atoms with E-state index in [2.05, 4.69) is 31.9 Å². The SMILES string of the molecule is N#Cc1cc(CBr)c(Br)cc1C(=O)O. The van der Waals surface area contributed by atoms with E-state index in [9.17, 15) is 4.79 Å². The van der Waals surface area contributed by atoms with Crippen LogP contribution in [-0.2, 0) is 5.33 Å². The molecule has 72 valence electrons. The van der Waals surface area contributed by atoms with Gasteiger partial charge in [0.1, 0.15) is 6.07 Å². The Morgan fingerprint density at radius 3 is 2.64 bits per heavy atom. The quantitative estimate of drug-likeness (QED) is 0.853. The molecule has 0 heterocycles. The lowest BCUT2D eigenvalue weighted by Gasteiger charge is -2.04. The number of aromatic carboxylic acids is 1. The second-order valence-corrected chi connectivity index (χ2v) is 3.95. The summed E-state index contributed by atoms with van der Waals surface area (Å²) in [5, 5.41) is 18.1. The number of nitrogens with zero attached hydrogens (tertiary/aromatic N) is 1. The van der Waals surface area contributed by atoms with E-state index in [1.54, 1.807) is 6.07 Å². The molecule has 0 saturated carbocycles. The summed E-state index contributed by atoms with van der Waals surface area (Å²) in [6.07, 6.45) is 0. The van der Waals surface area contributed by atoms with Crippen molar-refractivity contribution < 1.29 is 9.90 Å². The summed E-state index contributed by atoms with van der Waals surface area (Å²) in [5.74, 6) is -1.09. The van der Waals surface area contributed by atoms with Gasteiger partial charge in [0.2, 0.25) is 0 Å². The van der Waals surface area contributed by atoms with Gasteiger partial charge in [-0.15, -0.1) is 0 Å². The Morgan fingerprint density at radius 2 is 2.21 bits per heavy atom. The fourth-order valence-corrected chi connectivity index (χ4v) is 2.31. The molecule has 0 unspecified atom stereocenters. The Labute approximate surface area is 97.6 Å². The van der Waals surface area contributed by atoms with Crippen LogP contribution in [0.15, 0.2) is 16.6 Å². The van der Waals surface area contributed by atoms with E-state index in [0.29, 0.717) is 9.80 Å². The molecule has 0 aromatic heterocycles. The number of carboxylic acid groups (broad SMARTS) is 1. The number of nitriles is 1. The summed E-state index contributed by atoms with van der Waals surface area (Å²) in [6, 6.07) is 4.86. The van der Waals surface area contributed by atoms with Crippen molar-refractivity contribution in [3.8, 4) is 6.07 Å². The van der Waals surface area contributed by atoms with Gasteiger partial charge >= 0.3 is 5.97 Å². The zero-order valence-electron chi connectivity index (χ0n) is 6.92. The summed E-state index contributed by atoms with van der Waals surface area (Å²) >= 11 is 6.48. The lowest BCUT2D eigenvalue weighted by Crippen LogP contribution is -2.01. The third kappa shape index (κ3) is 2.14. The minimum atomic E-state index is -1.09. The fraction of sp³-hybridized carbons (Fsp3) is 0.111. The van der Waals surface area contributed by atoms with Gasteiger partial charge in [0.05, 0.1) is 11.1 Å². The number of rotatable bonds is 2. The second kappa shape index (κ2) is 4.58. The lowest BCUT2D eigenvalue weighted by atomic mass is 10.1. The summed E-state index contributed by atoms with van der Waals surface area (Å²) in [5.41, 5.74) is 1.05. The van der Waals surface area contributed by atoms with Gasteiger partial charge in [-0.1, -0.05) is 31.9 Å². The van der Waals surface area contributed by atoms with E-state index in [1.807, 2.05) is 6.07 Å². The first-order valence-corrected chi connectivity index (χ1v) is 5.53. The molecule has 0 aliphatic rings. The molecule has 0 spiro atoms. The topological polar surface area (TPSA) is 61.1 Å². The summed E-state index contributed by atoms with van der Waals surface area (Å²) in [7, 11) is 0. The molecule has 0 atom stereocenters. The highest BCUT2D eigenvalue weighted by Crippen LogP contribution is 2.23. The molecular formula is C9H5Br2NO2. The Hall–Kier alpha value is -0.860. The molecule has 14 heavy (non-hydrogen) atoms. The van der Waals surface area contributed by atoms with Crippen molar-refractivity contribution >= 4 is 37.8 Å². The van der Waals surface area contributed by atoms with Crippen molar-refractivity contribution in [2.24, 2.45) is 0 Å². The van der Waals surface area contributed by atoms with E-state index < -0.39 is 5.97 Å². The van der Waals surface area contributed by atoms with Gasteiger partial charge in [0, 0.05) is 9.80 Å². The van der Waals surface area contributed by atoms with Crippen LogP contribution in [0.1, 0.15) is 21.5 Å². The van der Waals surface area contributed by atoms with Gasteiger partial charge in [-0.25, -0.2) is 4.79 Å². The summed E-state index contributed by atoms with van der Waals surface area (Å²) < 4.78 is 0.686. The molecule has 0 amide bonds. The minimum absolute atomic E-state index is 0.0177. The number of carbonyl (C=O) groups is 1.